The fraction of sp³-hybridized carbons (Fsp3) is 0.250. The molecule has 9 nitrogen and oxygen atoms in total. The summed E-state index contributed by atoms with van der Waals surface area (Å²) >= 11 is 1.51. The van der Waals surface area contributed by atoms with Crippen molar-refractivity contribution in [1.82, 2.24) is 35.0 Å². The zero-order chi connectivity index (χ0) is 18.1. The summed E-state index contributed by atoms with van der Waals surface area (Å²) in [6.45, 7) is 4.18. The second kappa shape index (κ2) is 6.64. The van der Waals surface area contributed by atoms with Crippen LogP contribution in [-0.2, 0) is 6.54 Å². The zero-order valence-electron chi connectivity index (χ0n) is 14.1. The van der Waals surface area contributed by atoms with Gasteiger partial charge in [0, 0.05) is 0 Å². The molecule has 0 aromatic carbocycles. The van der Waals surface area contributed by atoms with E-state index < -0.39 is 0 Å². The number of amides is 1. The Morgan fingerprint density at radius 3 is 3.04 bits per heavy atom. The number of carbonyl (C=O) groups excluding carboxylic acids is 1. The molecule has 0 aliphatic rings. The van der Waals surface area contributed by atoms with Crippen LogP contribution in [0.15, 0.2) is 34.4 Å². The lowest BCUT2D eigenvalue weighted by Crippen LogP contribution is -2.25. The van der Waals surface area contributed by atoms with Gasteiger partial charge >= 0.3 is 0 Å². The molecule has 0 saturated carbocycles. The molecule has 0 bridgehead atoms. The maximum Gasteiger partial charge on any atom is 0.270 e. The number of carbonyl (C=O) groups is 1. The first-order chi connectivity index (χ1) is 12.6. The minimum absolute atomic E-state index is 0.143. The van der Waals surface area contributed by atoms with Crippen molar-refractivity contribution in [3.05, 3.63) is 47.1 Å². The van der Waals surface area contributed by atoms with E-state index in [0.717, 1.165) is 10.6 Å². The van der Waals surface area contributed by atoms with Crippen LogP contribution in [0.3, 0.4) is 0 Å². The van der Waals surface area contributed by atoms with Crippen LogP contribution in [0.25, 0.3) is 16.5 Å². The highest BCUT2D eigenvalue weighted by atomic mass is 32.1. The van der Waals surface area contributed by atoms with Crippen molar-refractivity contribution in [3.63, 3.8) is 0 Å². The Labute approximate surface area is 152 Å². The molecule has 0 saturated heterocycles. The summed E-state index contributed by atoms with van der Waals surface area (Å²) < 4.78 is 6.84. The molecule has 0 radical (unpaired) electrons. The smallest absolute Gasteiger partial charge is 0.270 e. The van der Waals surface area contributed by atoms with Crippen molar-refractivity contribution >= 4 is 23.0 Å². The number of fused-ring (bicyclic) bond motifs is 1. The second-order valence-electron chi connectivity index (χ2n) is 5.87. The number of rotatable bonds is 5. The lowest BCUT2D eigenvalue weighted by molar-refractivity contribution is 0.0944. The Balaban J connectivity index is 1.51. The Hall–Kier alpha value is -3.14. The van der Waals surface area contributed by atoms with Crippen LogP contribution in [-0.4, -0.2) is 35.6 Å². The van der Waals surface area contributed by atoms with Gasteiger partial charge in [0.2, 0.25) is 0 Å². The molecule has 4 rings (SSSR count). The van der Waals surface area contributed by atoms with Gasteiger partial charge in [-0.2, -0.15) is 15.1 Å². The van der Waals surface area contributed by atoms with Gasteiger partial charge in [0.05, 0.1) is 17.1 Å². The highest BCUT2D eigenvalue weighted by molar-refractivity contribution is 7.13. The van der Waals surface area contributed by atoms with Crippen molar-refractivity contribution in [2.24, 2.45) is 0 Å². The topological polar surface area (TPSA) is 111 Å². The van der Waals surface area contributed by atoms with Gasteiger partial charge in [-0.1, -0.05) is 25.1 Å². The lowest BCUT2D eigenvalue weighted by Gasteiger charge is -2.09. The summed E-state index contributed by atoms with van der Waals surface area (Å²) in [5.74, 6) is 1.06. The summed E-state index contributed by atoms with van der Waals surface area (Å²) in [6.07, 6.45) is 1.42. The largest absolute Gasteiger partial charge is 0.343 e. The number of hydrogen-bond donors (Lipinski definition) is 1. The second-order valence-corrected chi connectivity index (χ2v) is 6.82. The molecule has 0 aliphatic carbocycles. The van der Waals surface area contributed by atoms with E-state index in [1.165, 1.54) is 17.7 Å². The van der Waals surface area contributed by atoms with E-state index in [9.17, 15) is 4.79 Å². The van der Waals surface area contributed by atoms with Gasteiger partial charge in [0.1, 0.15) is 12.0 Å². The molecule has 0 atom stereocenters. The third-order valence-electron chi connectivity index (χ3n) is 3.71. The van der Waals surface area contributed by atoms with Crippen LogP contribution in [0.2, 0.25) is 0 Å². The minimum Gasteiger partial charge on any atom is -0.343 e. The van der Waals surface area contributed by atoms with Crippen molar-refractivity contribution in [3.8, 4) is 10.8 Å². The van der Waals surface area contributed by atoms with Gasteiger partial charge < -0.3 is 9.84 Å². The van der Waals surface area contributed by atoms with E-state index in [2.05, 4.69) is 30.5 Å². The maximum absolute atomic E-state index is 12.5. The minimum atomic E-state index is -0.333. The van der Waals surface area contributed by atoms with Crippen LogP contribution >= 0.6 is 11.3 Å². The van der Waals surface area contributed by atoms with Crippen LogP contribution in [0.1, 0.15) is 41.8 Å². The molecule has 26 heavy (non-hydrogen) atoms. The number of nitrogens with zero attached hydrogens (tertiary/aromatic N) is 6. The Morgan fingerprint density at radius 2 is 2.27 bits per heavy atom. The number of nitrogens with one attached hydrogen (secondary N) is 1. The average molecular weight is 369 g/mol. The molecule has 0 spiro atoms. The molecule has 4 heterocycles. The van der Waals surface area contributed by atoms with Gasteiger partial charge in [-0.05, 0) is 23.4 Å². The highest BCUT2D eigenvalue weighted by Crippen LogP contribution is 2.22. The van der Waals surface area contributed by atoms with E-state index in [1.54, 1.807) is 10.6 Å². The third kappa shape index (κ3) is 3.06. The van der Waals surface area contributed by atoms with Gasteiger partial charge in [-0.3, -0.25) is 4.79 Å². The van der Waals surface area contributed by atoms with Crippen LogP contribution in [0.4, 0.5) is 0 Å². The molecule has 4 aromatic heterocycles. The Bertz CT molecular complexity index is 1050. The van der Waals surface area contributed by atoms with Crippen LogP contribution in [0, 0.1) is 0 Å². The Morgan fingerprint density at radius 1 is 1.38 bits per heavy atom. The van der Waals surface area contributed by atoms with E-state index in [0.29, 0.717) is 17.5 Å². The third-order valence-corrected chi connectivity index (χ3v) is 4.57. The number of thiophene rings is 1. The lowest BCUT2D eigenvalue weighted by atomic mass is 10.1. The summed E-state index contributed by atoms with van der Waals surface area (Å²) in [5, 5.41) is 12.7. The fourth-order valence-electron chi connectivity index (χ4n) is 2.44. The molecule has 4 aromatic rings. The van der Waals surface area contributed by atoms with E-state index in [-0.39, 0.29) is 24.1 Å². The molecule has 0 unspecified atom stereocenters. The van der Waals surface area contributed by atoms with E-state index in [4.69, 9.17) is 4.52 Å². The maximum atomic E-state index is 12.5. The monoisotopic (exact) mass is 369 g/mol. The average Bonchev–Trinajstić information content (AvgIpc) is 3.39. The highest BCUT2D eigenvalue weighted by Gasteiger charge is 2.16. The molecule has 0 fully saturated rings. The van der Waals surface area contributed by atoms with Gasteiger partial charge in [-0.25, -0.2) is 9.50 Å². The standard InChI is InChI=1S/C16H15N7O2S/c1-9(2)11-6-10(20-16-18-8-19-23(11)16)14(24)17-7-13-21-15(25-22-13)12-4-3-5-26-12/h3-6,8-9H,7H2,1-2H3,(H,17,24). The SMILES string of the molecule is CC(C)c1cc(C(=O)NCc2noc(-c3cccs3)n2)nc2ncnn12. The van der Waals surface area contributed by atoms with Crippen molar-refractivity contribution in [1.29, 1.82) is 0 Å². The van der Waals surface area contributed by atoms with Crippen LogP contribution in [0.5, 0.6) is 0 Å². The summed E-state index contributed by atoms with van der Waals surface area (Å²) in [4.78, 5) is 26.0. The molecule has 1 amide bonds. The number of hydrogen-bond acceptors (Lipinski definition) is 8. The van der Waals surface area contributed by atoms with Crippen LogP contribution < -0.4 is 5.32 Å². The van der Waals surface area contributed by atoms with Crippen molar-refractivity contribution < 1.29 is 9.32 Å². The summed E-state index contributed by atoms with van der Waals surface area (Å²) in [6, 6.07) is 5.52. The first-order valence-electron chi connectivity index (χ1n) is 7.97. The molecule has 132 valence electrons. The molecular formula is C16H15N7O2S. The van der Waals surface area contributed by atoms with Gasteiger partial charge in [0.15, 0.2) is 5.82 Å². The first-order valence-corrected chi connectivity index (χ1v) is 8.85. The molecule has 0 aliphatic heterocycles. The predicted octanol–water partition coefficient (Wildman–Crippen LogP) is 2.29. The zero-order valence-corrected chi connectivity index (χ0v) is 14.9. The van der Waals surface area contributed by atoms with Gasteiger partial charge in [-0.15, -0.1) is 11.3 Å². The van der Waals surface area contributed by atoms with E-state index in [1.807, 2.05) is 31.4 Å². The molecule has 10 heteroatoms. The Kier molecular flexibility index (Phi) is 4.17. The normalized spacial score (nSPS) is 11.3. The van der Waals surface area contributed by atoms with Gasteiger partial charge in [0.25, 0.3) is 17.6 Å². The summed E-state index contributed by atoms with van der Waals surface area (Å²) in [5.41, 5.74) is 1.13. The van der Waals surface area contributed by atoms with Crippen molar-refractivity contribution in [2.45, 2.75) is 26.3 Å². The van der Waals surface area contributed by atoms with Crippen molar-refractivity contribution in [2.75, 3.05) is 0 Å². The predicted molar refractivity (Wildman–Crippen MR) is 93.7 cm³/mol. The molecule has 1 N–H and O–H groups in total. The first kappa shape index (κ1) is 16.3. The molecular weight excluding hydrogens is 354 g/mol. The summed E-state index contributed by atoms with van der Waals surface area (Å²) in [7, 11) is 0. The number of aromatic nitrogens is 6. The quantitative estimate of drug-likeness (QED) is 0.574. The van der Waals surface area contributed by atoms with E-state index >= 15 is 0 Å². The fourth-order valence-corrected chi connectivity index (χ4v) is 3.08.